The Labute approximate surface area is 176 Å². The third-order valence-electron chi connectivity index (χ3n) is 5.03. The molecule has 0 radical (unpaired) electrons. The summed E-state index contributed by atoms with van der Waals surface area (Å²) in [4.78, 5) is 38.2. The first kappa shape index (κ1) is 22.5. The minimum absolute atomic E-state index is 0.0298. The highest BCUT2D eigenvalue weighted by molar-refractivity contribution is 5.92. The summed E-state index contributed by atoms with van der Waals surface area (Å²) in [5.74, 6) is -0.750. The largest absolute Gasteiger partial charge is 0.416 e. The number of alkyl halides is 3. The summed E-state index contributed by atoms with van der Waals surface area (Å²) in [7, 11) is 0. The van der Waals surface area contributed by atoms with Crippen molar-refractivity contribution in [2.45, 2.75) is 44.9 Å². The number of carbonyl (C=O) groups excluding carboxylic acids is 2. The van der Waals surface area contributed by atoms with E-state index in [2.05, 4.69) is 10.4 Å². The monoisotopic (exact) mass is 436 g/mol. The van der Waals surface area contributed by atoms with E-state index < -0.39 is 23.7 Å². The number of benzene rings is 1. The maximum absolute atomic E-state index is 13.2. The molecule has 7 nitrogen and oxygen atoms in total. The number of likely N-dealkylation sites (tertiary alicyclic amines) is 1. The Morgan fingerprint density at radius 2 is 2.00 bits per heavy atom. The van der Waals surface area contributed by atoms with Gasteiger partial charge in [-0.1, -0.05) is 19.1 Å². The van der Waals surface area contributed by atoms with Crippen LogP contribution in [0.5, 0.6) is 0 Å². The number of halogens is 3. The van der Waals surface area contributed by atoms with Crippen molar-refractivity contribution in [2.75, 3.05) is 13.1 Å². The molecular formula is C21H23F3N4O3. The predicted octanol–water partition coefficient (Wildman–Crippen LogP) is 2.77. The summed E-state index contributed by atoms with van der Waals surface area (Å²) < 4.78 is 40.7. The molecule has 1 saturated heterocycles. The maximum Gasteiger partial charge on any atom is 0.416 e. The molecule has 31 heavy (non-hydrogen) atoms. The van der Waals surface area contributed by atoms with Gasteiger partial charge in [-0.15, -0.1) is 0 Å². The van der Waals surface area contributed by atoms with E-state index in [-0.39, 0.29) is 29.3 Å². The van der Waals surface area contributed by atoms with Gasteiger partial charge in [0.25, 0.3) is 11.5 Å². The lowest BCUT2D eigenvalue weighted by molar-refractivity contribution is -0.137. The number of rotatable bonds is 7. The number of hydrogen-bond acceptors (Lipinski definition) is 4. The van der Waals surface area contributed by atoms with Crippen molar-refractivity contribution in [3.8, 4) is 0 Å². The van der Waals surface area contributed by atoms with Crippen LogP contribution >= 0.6 is 0 Å². The molecule has 2 heterocycles. The Hall–Kier alpha value is -3.17. The number of nitrogens with zero attached hydrogens (tertiary/aromatic N) is 3. The van der Waals surface area contributed by atoms with Crippen LogP contribution in [0.15, 0.2) is 41.2 Å². The second-order valence-corrected chi connectivity index (χ2v) is 7.37. The van der Waals surface area contributed by atoms with Crippen LogP contribution in [0, 0.1) is 0 Å². The van der Waals surface area contributed by atoms with Gasteiger partial charge in [0.1, 0.15) is 5.69 Å². The van der Waals surface area contributed by atoms with E-state index in [1.165, 1.54) is 29.2 Å². The van der Waals surface area contributed by atoms with Gasteiger partial charge in [-0.05, 0) is 36.6 Å². The van der Waals surface area contributed by atoms with Gasteiger partial charge >= 0.3 is 6.18 Å². The predicted molar refractivity (Wildman–Crippen MR) is 106 cm³/mol. The molecule has 0 bridgehead atoms. The van der Waals surface area contributed by atoms with Crippen LogP contribution in [0.25, 0.3) is 0 Å². The smallest absolute Gasteiger partial charge is 0.342 e. The van der Waals surface area contributed by atoms with Gasteiger partial charge in [-0.2, -0.15) is 18.3 Å². The standard InChI is InChI=1S/C21H23F3N4O3/c1-2-10-28-19(30)9-8-16(26-28)20(31)25-17(13-27-11-4-7-18(27)29)14-5-3-6-15(12-14)21(22,23)24/h3,5-6,8-9,12,17H,2,4,7,10-11,13H2,1H3,(H,25,31)/t17-/m0/s1. The Balaban J connectivity index is 1.90. The molecule has 0 unspecified atom stereocenters. The van der Waals surface area contributed by atoms with E-state index in [9.17, 15) is 27.6 Å². The lowest BCUT2D eigenvalue weighted by atomic mass is 10.0. The summed E-state index contributed by atoms with van der Waals surface area (Å²) in [5, 5.41) is 6.73. The maximum atomic E-state index is 13.2. The van der Waals surface area contributed by atoms with E-state index in [4.69, 9.17) is 0 Å². The van der Waals surface area contributed by atoms with Crippen molar-refractivity contribution in [3.05, 3.63) is 63.6 Å². The number of amides is 2. The van der Waals surface area contributed by atoms with Gasteiger partial charge in [0.2, 0.25) is 5.91 Å². The summed E-state index contributed by atoms with van der Waals surface area (Å²) in [6, 6.07) is 6.29. The molecular weight excluding hydrogens is 413 g/mol. The van der Waals surface area contributed by atoms with E-state index in [0.29, 0.717) is 32.4 Å². The molecule has 1 atom stereocenters. The summed E-state index contributed by atoms with van der Waals surface area (Å²) >= 11 is 0. The highest BCUT2D eigenvalue weighted by Gasteiger charge is 2.32. The third-order valence-corrected chi connectivity index (χ3v) is 5.03. The molecule has 2 aromatic rings. The zero-order chi connectivity index (χ0) is 22.6. The van der Waals surface area contributed by atoms with E-state index in [1.807, 2.05) is 6.92 Å². The Bertz CT molecular complexity index is 1020. The minimum Gasteiger partial charge on any atom is -0.342 e. The van der Waals surface area contributed by atoms with Crippen molar-refractivity contribution in [1.82, 2.24) is 20.0 Å². The number of aromatic nitrogens is 2. The molecule has 166 valence electrons. The molecule has 1 aromatic carbocycles. The fourth-order valence-corrected chi connectivity index (χ4v) is 3.46. The second kappa shape index (κ2) is 9.32. The van der Waals surface area contributed by atoms with E-state index >= 15 is 0 Å². The molecule has 1 N–H and O–H groups in total. The first-order valence-corrected chi connectivity index (χ1v) is 10.0. The van der Waals surface area contributed by atoms with Crippen molar-refractivity contribution in [3.63, 3.8) is 0 Å². The van der Waals surface area contributed by atoms with Crippen molar-refractivity contribution >= 4 is 11.8 Å². The first-order valence-electron chi connectivity index (χ1n) is 10.0. The number of carbonyl (C=O) groups is 2. The number of aryl methyl sites for hydroxylation is 1. The summed E-state index contributed by atoms with van der Waals surface area (Å²) in [5.41, 5.74) is -0.996. The fraction of sp³-hybridized carbons (Fsp3) is 0.429. The third kappa shape index (κ3) is 5.50. The van der Waals surface area contributed by atoms with E-state index in [0.717, 1.165) is 16.8 Å². The molecule has 2 amide bonds. The van der Waals surface area contributed by atoms with Crippen molar-refractivity contribution in [2.24, 2.45) is 0 Å². The highest BCUT2D eigenvalue weighted by Crippen LogP contribution is 2.31. The van der Waals surface area contributed by atoms with Crippen LogP contribution in [0.2, 0.25) is 0 Å². The number of hydrogen-bond donors (Lipinski definition) is 1. The Morgan fingerprint density at radius 1 is 1.23 bits per heavy atom. The summed E-state index contributed by atoms with van der Waals surface area (Å²) in [6.07, 6.45) is -2.87. The fourth-order valence-electron chi connectivity index (χ4n) is 3.46. The average molecular weight is 436 g/mol. The zero-order valence-corrected chi connectivity index (χ0v) is 17.0. The van der Waals surface area contributed by atoms with Gasteiger partial charge in [-0.25, -0.2) is 4.68 Å². The Morgan fingerprint density at radius 3 is 2.65 bits per heavy atom. The van der Waals surface area contributed by atoms with Crippen LogP contribution in [-0.4, -0.2) is 39.6 Å². The average Bonchev–Trinajstić information content (AvgIpc) is 3.13. The minimum atomic E-state index is -4.54. The van der Waals surface area contributed by atoms with Crippen LogP contribution in [0.1, 0.15) is 53.8 Å². The molecule has 1 aliphatic rings. The van der Waals surface area contributed by atoms with Gasteiger partial charge in [-0.3, -0.25) is 14.4 Å². The van der Waals surface area contributed by atoms with Crippen LogP contribution in [0.4, 0.5) is 13.2 Å². The van der Waals surface area contributed by atoms with Crippen molar-refractivity contribution < 1.29 is 22.8 Å². The second-order valence-electron chi connectivity index (χ2n) is 7.37. The van der Waals surface area contributed by atoms with Gasteiger partial charge in [0, 0.05) is 32.1 Å². The van der Waals surface area contributed by atoms with Gasteiger partial charge in [0.05, 0.1) is 11.6 Å². The zero-order valence-electron chi connectivity index (χ0n) is 17.0. The molecule has 1 aromatic heterocycles. The molecule has 0 saturated carbocycles. The Kier molecular flexibility index (Phi) is 6.77. The molecule has 0 aliphatic carbocycles. The normalized spacial score (nSPS) is 15.2. The highest BCUT2D eigenvalue weighted by atomic mass is 19.4. The topological polar surface area (TPSA) is 84.3 Å². The molecule has 1 fully saturated rings. The molecule has 1 aliphatic heterocycles. The van der Waals surface area contributed by atoms with Gasteiger partial charge in [0.15, 0.2) is 0 Å². The first-order chi connectivity index (χ1) is 14.7. The lowest BCUT2D eigenvalue weighted by Crippen LogP contribution is -2.39. The van der Waals surface area contributed by atoms with Gasteiger partial charge < -0.3 is 10.2 Å². The quantitative estimate of drug-likeness (QED) is 0.724. The van der Waals surface area contributed by atoms with E-state index in [1.54, 1.807) is 0 Å². The molecule has 10 heteroatoms. The van der Waals surface area contributed by atoms with Crippen LogP contribution in [-0.2, 0) is 17.5 Å². The lowest BCUT2D eigenvalue weighted by Gasteiger charge is -2.25. The SMILES string of the molecule is CCCn1nc(C(=O)N[C@@H](CN2CCCC2=O)c2cccc(C(F)(F)F)c2)ccc1=O. The van der Waals surface area contributed by atoms with Crippen molar-refractivity contribution in [1.29, 1.82) is 0 Å². The number of nitrogens with one attached hydrogen (secondary N) is 1. The van der Waals surface area contributed by atoms with Crippen LogP contribution < -0.4 is 10.9 Å². The molecule has 0 spiro atoms. The molecule has 3 rings (SSSR count). The summed E-state index contributed by atoms with van der Waals surface area (Å²) in [6.45, 7) is 2.71. The van der Waals surface area contributed by atoms with Crippen LogP contribution in [0.3, 0.4) is 0 Å².